The molecule has 1 amide bonds. The molecule has 2 heterocycles. The van der Waals surface area contributed by atoms with E-state index >= 15 is 0 Å². The number of hydrogen-bond donors (Lipinski definition) is 0. The van der Waals surface area contributed by atoms with Gasteiger partial charge in [-0.05, 0) is 36.2 Å². The largest absolute Gasteiger partial charge is 0.417 e. The molecule has 0 radical (unpaired) electrons. The van der Waals surface area contributed by atoms with Gasteiger partial charge in [0.15, 0.2) is 5.78 Å². The van der Waals surface area contributed by atoms with Gasteiger partial charge in [0.05, 0.1) is 31.0 Å². The SMILES string of the molecule is O=C(c1ccc2c(c1)C1(OCCCO1)C(=O)N2Cc1ccccc1)c1ccccc1C(F)(F)F. The third-order valence-corrected chi connectivity index (χ3v) is 5.99. The van der Waals surface area contributed by atoms with E-state index < -0.39 is 34.8 Å². The van der Waals surface area contributed by atoms with E-state index in [-0.39, 0.29) is 25.3 Å². The number of nitrogens with zero attached hydrogens (tertiary/aromatic N) is 1. The maximum Gasteiger partial charge on any atom is 0.417 e. The molecule has 1 saturated heterocycles. The molecule has 3 aromatic rings. The number of benzene rings is 3. The van der Waals surface area contributed by atoms with Crippen LogP contribution in [0.4, 0.5) is 18.9 Å². The highest BCUT2D eigenvalue weighted by Gasteiger charge is 2.55. The lowest BCUT2D eigenvalue weighted by Gasteiger charge is -2.32. The van der Waals surface area contributed by atoms with E-state index in [1.165, 1.54) is 29.2 Å². The minimum Gasteiger partial charge on any atom is -0.338 e. The van der Waals surface area contributed by atoms with Gasteiger partial charge in [-0.1, -0.05) is 48.5 Å². The predicted molar refractivity (Wildman–Crippen MR) is 117 cm³/mol. The second-order valence-corrected chi connectivity index (χ2v) is 8.15. The van der Waals surface area contributed by atoms with Gasteiger partial charge in [-0.15, -0.1) is 0 Å². The molecule has 0 bridgehead atoms. The molecule has 0 N–H and O–H groups in total. The van der Waals surface area contributed by atoms with E-state index in [2.05, 4.69) is 0 Å². The zero-order chi connectivity index (χ0) is 23.9. The normalized spacial score (nSPS) is 17.1. The Kier molecular flexibility index (Phi) is 5.50. The summed E-state index contributed by atoms with van der Waals surface area (Å²) < 4.78 is 52.2. The summed E-state index contributed by atoms with van der Waals surface area (Å²) in [5.74, 6) is -2.94. The standard InChI is InChI=1S/C26H20F3NO4/c27-26(28,29)20-10-5-4-9-19(20)23(31)18-11-12-22-21(15-18)25(33-13-6-14-34-25)24(32)30(22)16-17-7-2-1-3-8-17/h1-5,7-12,15H,6,13-14,16H2. The van der Waals surface area contributed by atoms with Crippen LogP contribution in [0.2, 0.25) is 0 Å². The number of ether oxygens (including phenoxy) is 2. The molecule has 2 aliphatic rings. The van der Waals surface area contributed by atoms with Crippen LogP contribution in [0, 0.1) is 0 Å². The summed E-state index contributed by atoms with van der Waals surface area (Å²) in [5.41, 5.74) is 0.248. The number of ketones is 1. The lowest BCUT2D eigenvalue weighted by atomic mass is 9.95. The second-order valence-electron chi connectivity index (χ2n) is 8.15. The van der Waals surface area contributed by atoms with E-state index in [0.29, 0.717) is 17.7 Å². The number of halogens is 3. The van der Waals surface area contributed by atoms with E-state index in [0.717, 1.165) is 17.7 Å². The van der Waals surface area contributed by atoms with Gasteiger partial charge in [0.1, 0.15) is 0 Å². The average Bonchev–Trinajstić information content (AvgIpc) is 3.06. The summed E-state index contributed by atoms with van der Waals surface area (Å²) in [7, 11) is 0. The molecular formula is C26H20F3NO4. The van der Waals surface area contributed by atoms with Gasteiger partial charge in [-0.3, -0.25) is 9.59 Å². The minimum absolute atomic E-state index is 0.0157. The molecule has 0 atom stereocenters. The second kappa shape index (κ2) is 8.38. The minimum atomic E-state index is -4.68. The van der Waals surface area contributed by atoms with Gasteiger partial charge < -0.3 is 14.4 Å². The Bertz CT molecular complexity index is 1250. The molecule has 1 spiro atoms. The molecule has 0 saturated carbocycles. The van der Waals surface area contributed by atoms with Crippen molar-refractivity contribution in [3.63, 3.8) is 0 Å². The molecule has 8 heteroatoms. The fraction of sp³-hybridized carbons (Fsp3) is 0.231. The average molecular weight is 467 g/mol. The van der Waals surface area contributed by atoms with Crippen LogP contribution in [0.25, 0.3) is 0 Å². The molecule has 1 fully saturated rings. The Labute approximate surface area is 193 Å². The van der Waals surface area contributed by atoms with Gasteiger partial charge in [0.2, 0.25) is 0 Å². The van der Waals surface area contributed by atoms with Crippen LogP contribution in [-0.4, -0.2) is 24.9 Å². The molecule has 0 unspecified atom stereocenters. The van der Waals surface area contributed by atoms with Crippen molar-refractivity contribution in [3.8, 4) is 0 Å². The van der Waals surface area contributed by atoms with Crippen molar-refractivity contribution in [2.75, 3.05) is 18.1 Å². The Morgan fingerprint density at radius 3 is 2.32 bits per heavy atom. The summed E-state index contributed by atoms with van der Waals surface area (Å²) in [6, 6.07) is 18.4. The van der Waals surface area contributed by atoms with E-state index in [1.807, 2.05) is 30.3 Å². The molecule has 34 heavy (non-hydrogen) atoms. The highest BCUT2D eigenvalue weighted by atomic mass is 19.4. The van der Waals surface area contributed by atoms with E-state index in [4.69, 9.17) is 9.47 Å². The number of anilines is 1. The highest BCUT2D eigenvalue weighted by Crippen LogP contribution is 2.46. The van der Waals surface area contributed by atoms with Crippen LogP contribution in [0.15, 0.2) is 72.8 Å². The summed E-state index contributed by atoms with van der Waals surface area (Å²) in [4.78, 5) is 28.2. The quantitative estimate of drug-likeness (QED) is 0.503. The van der Waals surface area contributed by atoms with Crippen molar-refractivity contribution in [2.45, 2.75) is 24.9 Å². The third-order valence-electron chi connectivity index (χ3n) is 5.99. The molecule has 0 aromatic heterocycles. The Morgan fingerprint density at radius 2 is 1.62 bits per heavy atom. The first kappa shape index (κ1) is 22.3. The molecule has 5 rings (SSSR count). The van der Waals surface area contributed by atoms with E-state index in [9.17, 15) is 22.8 Å². The maximum atomic E-state index is 13.5. The number of alkyl halides is 3. The lowest BCUT2D eigenvalue weighted by molar-refractivity contribution is -0.256. The number of amides is 1. The predicted octanol–water partition coefficient (Wildman–Crippen LogP) is 5.07. The first-order valence-electron chi connectivity index (χ1n) is 10.8. The summed E-state index contributed by atoms with van der Waals surface area (Å²) in [5, 5.41) is 0. The van der Waals surface area contributed by atoms with Gasteiger partial charge >= 0.3 is 6.18 Å². The zero-order valence-corrected chi connectivity index (χ0v) is 18.0. The van der Waals surface area contributed by atoms with Crippen molar-refractivity contribution >= 4 is 17.4 Å². The first-order valence-corrected chi connectivity index (χ1v) is 10.8. The van der Waals surface area contributed by atoms with Crippen LogP contribution in [0.3, 0.4) is 0 Å². The molecular weight excluding hydrogens is 447 g/mol. The first-order chi connectivity index (χ1) is 16.3. The lowest BCUT2D eigenvalue weighted by Crippen LogP contribution is -2.47. The Hall–Kier alpha value is -3.49. The summed E-state index contributed by atoms with van der Waals surface area (Å²) in [6.45, 7) is 0.810. The molecule has 5 nitrogen and oxygen atoms in total. The van der Waals surface area contributed by atoms with Crippen molar-refractivity contribution in [2.24, 2.45) is 0 Å². The van der Waals surface area contributed by atoms with Crippen LogP contribution in [0.1, 0.15) is 39.0 Å². The molecule has 0 aliphatic carbocycles. The third kappa shape index (κ3) is 3.69. The van der Waals surface area contributed by atoms with Crippen molar-refractivity contribution in [1.29, 1.82) is 0 Å². The summed E-state index contributed by atoms with van der Waals surface area (Å²) >= 11 is 0. The molecule has 2 aliphatic heterocycles. The van der Waals surface area contributed by atoms with Gasteiger partial charge in [-0.25, -0.2) is 0 Å². The fourth-order valence-corrected chi connectivity index (χ4v) is 4.40. The molecule has 174 valence electrons. The van der Waals surface area contributed by atoms with Crippen LogP contribution in [-0.2, 0) is 32.8 Å². The maximum absolute atomic E-state index is 13.5. The topological polar surface area (TPSA) is 55.8 Å². The molecule has 3 aromatic carbocycles. The van der Waals surface area contributed by atoms with Crippen molar-refractivity contribution in [3.05, 3.63) is 101 Å². The number of carbonyl (C=O) groups excluding carboxylic acids is 2. The smallest absolute Gasteiger partial charge is 0.338 e. The number of fused-ring (bicyclic) bond motifs is 2. The summed E-state index contributed by atoms with van der Waals surface area (Å²) in [6.07, 6.45) is -4.08. The van der Waals surface area contributed by atoms with Gasteiger partial charge in [-0.2, -0.15) is 13.2 Å². The van der Waals surface area contributed by atoms with Gasteiger partial charge in [0, 0.05) is 16.7 Å². The van der Waals surface area contributed by atoms with Crippen molar-refractivity contribution in [1.82, 2.24) is 0 Å². The van der Waals surface area contributed by atoms with Crippen LogP contribution >= 0.6 is 0 Å². The van der Waals surface area contributed by atoms with Crippen LogP contribution in [0.5, 0.6) is 0 Å². The highest BCUT2D eigenvalue weighted by molar-refractivity contribution is 6.12. The Morgan fingerprint density at radius 1 is 0.941 bits per heavy atom. The number of rotatable bonds is 4. The van der Waals surface area contributed by atoms with Gasteiger partial charge in [0.25, 0.3) is 11.7 Å². The number of hydrogen-bond acceptors (Lipinski definition) is 4. The fourth-order valence-electron chi connectivity index (χ4n) is 4.40. The Balaban J connectivity index is 1.59. The zero-order valence-electron chi connectivity index (χ0n) is 18.0. The monoisotopic (exact) mass is 467 g/mol. The van der Waals surface area contributed by atoms with Crippen LogP contribution < -0.4 is 4.90 Å². The van der Waals surface area contributed by atoms with Crippen molar-refractivity contribution < 1.29 is 32.2 Å². The number of carbonyl (C=O) groups is 2. The van der Waals surface area contributed by atoms with E-state index in [1.54, 1.807) is 6.07 Å².